The Morgan fingerprint density at radius 3 is 2.64 bits per heavy atom. The number of thiophene rings is 1. The van der Waals surface area contributed by atoms with E-state index in [-0.39, 0.29) is 0 Å². The Labute approximate surface area is 150 Å². The summed E-state index contributed by atoms with van der Waals surface area (Å²) < 4.78 is 10.6. The maximum Gasteiger partial charge on any atom is 0.338 e. The number of carbonyl (C=O) groups excluding carboxylic acids is 2. The molecule has 1 aromatic carbocycles. The Bertz CT molecular complexity index is 777. The Morgan fingerprint density at radius 2 is 2.00 bits per heavy atom. The van der Waals surface area contributed by atoms with Crippen LogP contribution >= 0.6 is 11.3 Å². The molecule has 0 saturated carbocycles. The lowest BCUT2D eigenvalue weighted by atomic mass is 10.2. The topological polar surface area (TPSA) is 88.4 Å². The number of amides is 1. The maximum absolute atomic E-state index is 12.1. The fourth-order valence-corrected chi connectivity index (χ4v) is 2.64. The number of esters is 1. The molecule has 0 fully saturated rings. The van der Waals surface area contributed by atoms with Crippen LogP contribution in [0.15, 0.2) is 35.7 Å². The molecule has 0 aliphatic carbocycles. The molecule has 2 aromatic rings. The molecule has 1 N–H and O–H groups in total. The highest BCUT2D eigenvalue weighted by Crippen LogP contribution is 2.22. The van der Waals surface area contributed by atoms with E-state index in [0.29, 0.717) is 28.5 Å². The van der Waals surface area contributed by atoms with Gasteiger partial charge in [0.15, 0.2) is 6.10 Å². The summed E-state index contributed by atoms with van der Waals surface area (Å²) in [4.78, 5) is 24.2. The van der Waals surface area contributed by atoms with Crippen LogP contribution in [0.5, 0.6) is 5.75 Å². The van der Waals surface area contributed by atoms with Crippen LogP contribution in [-0.2, 0) is 9.53 Å². The van der Waals surface area contributed by atoms with Gasteiger partial charge in [0, 0.05) is 0 Å². The van der Waals surface area contributed by atoms with E-state index in [4.69, 9.17) is 14.7 Å². The third-order valence-electron chi connectivity index (χ3n) is 3.24. The van der Waals surface area contributed by atoms with E-state index in [1.807, 2.05) is 13.0 Å². The molecular weight excluding hydrogens is 340 g/mol. The number of rotatable bonds is 7. The molecule has 0 radical (unpaired) electrons. The van der Waals surface area contributed by atoms with Gasteiger partial charge in [-0.2, -0.15) is 5.26 Å². The quantitative estimate of drug-likeness (QED) is 0.764. The summed E-state index contributed by atoms with van der Waals surface area (Å²) in [5, 5.41) is 13.7. The van der Waals surface area contributed by atoms with Crippen molar-refractivity contribution in [1.29, 1.82) is 5.26 Å². The predicted molar refractivity (Wildman–Crippen MR) is 94.8 cm³/mol. The van der Waals surface area contributed by atoms with E-state index in [9.17, 15) is 9.59 Å². The van der Waals surface area contributed by atoms with E-state index in [1.54, 1.807) is 35.7 Å². The Hall–Kier alpha value is -2.85. The molecule has 0 aliphatic rings. The van der Waals surface area contributed by atoms with Crippen molar-refractivity contribution in [3.63, 3.8) is 0 Å². The van der Waals surface area contributed by atoms with Crippen LogP contribution in [-0.4, -0.2) is 24.6 Å². The molecule has 0 aliphatic heterocycles. The fraction of sp³-hybridized carbons (Fsp3) is 0.278. The van der Waals surface area contributed by atoms with Crippen LogP contribution in [0, 0.1) is 11.3 Å². The normalized spacial score (nSPS) is 11.2. The minimum absolute atomic E-state index is 0.331. The lowest BCUT2D eigenvalue weighted by Crippen LogP contribution is -2.29. The molecule has 0 saturated heterocycles. The molecule has 0 unspecified atom stereocenters. The van der Waals surface area contributed by atoms with Crippen LogP contribution in [0.4, 0.5) is 5.00 Å². The van der Waals surface area contributed by atoms with Crippen LogP contribution in [0.2, 0.25) is 0 Å². The van der Waals surface area contributed by atoms with Gasteiger partial charge < -0.3 is 14.8 Å². The molecule has 1 heterocycles. The molecule has 2 rings (SSSR count). The van der Waals surface area contributed by atoms with E-state index in [0.717, 1.165) is 6.42 Å². The van der Waals surface area contributed by atoms with Gasteiger partial charge in [-0.05, 0) is 49.1 Å². The Morgan fingerprint density at radius 1 is 1.28 bits per heavy atom. The second kappa shape index (κ2) is 8.85. The minimum atomic E-state index is -0.989. The number of carbonyl (C=O) groups is 2. The van der Waals surface area contributed by atoms with E-state index < -0.39 is 18.0 Å². The van der Waals surface area contributed by atoms with E-state index in [1.165, 1.54) is 18.3 Å². The Balaban J connectivity index is 1.93. The zero-order valence-corrected chi connectivity index (χ0v) is 14.8. The van der Waals surface area contributed by atoms with Crippen LogP contribution in [0.25, 0.3) is 0 Å². The highest BCUT2D eigenvalue weighted by atomic mass is 32.1. The highest BCUT2D eigenvalue weighted by Gasteiger charge is 2.20. The molecule has 6 nitrogen and oxygen atoms in total. The summed E-state index contributed by atoms with van der Waals surface area (Å²) in [5.41, 5.74) is 0.705. The minimum Gasteiger partial charge on any atom is -0.494 e. The average Bonchev–Trinajstić information content (AvgIpc) is 3.07. The fourth-order valence-electron chi connectivity index (χ4n) is 1.90. The third kappa shape index (κ3) is 5.06. The molecule has 25 heavy (non-hydrogen) atoms. The summed E-state index contributed by atoms with van der Waals surface area (Å²) in [5.74, 6) is -0.419. The van der Waals surface area contributed by atoms with Gasteiger partial charge in [0.05, 0.1) is 17.7 Å². The van der Waals surface area contributed by atoms with Crippen molar-refractivity contribution in [2.45, 2.75) is 26.4 Å². The zero-order chi connectivity index (χ0) is 18.2. The van der Waals surface area contributed by atoms with Crippen molar-refractivity contribution < 1.29 is 19.1 Å². The van der Waals surface area contributed by atoms with Crippen molar-refractivity contribution >= 4 is 28.2 Å². The second-order valence-corrected chi connectivity index (χ2v) is 6.10. The number of benzene rings is 1. The van der Waals surface area contributed by atoms with Gasteiger partial charge in [0.1, 0.15) is 16.8 Å². The Kier molecular flexibility index (Phi) is 6.54. The summed E-state index contributed by atoms with van der Waals surface area (Å²) in [6.07, 6.45) is -0.0917. The number of ether oxygens (including phenoxy) is 2. The molecule has 1 amide bonds. The number of hydrogen-bond donors (Lipinski definition) is 1. The first-order chi connectivity index (χ1) is 12.0. The predicted octanol–water partition coefficient (Wildman–Crippen LogP) is 3.59. The average molecular weight is 358 g/mol. The lowest BCUT2D eigenvalue weighted by Gasteiger charge is -2.13. The molecule has 1 atom stereocenters. The standard InChI is InChI=1S/C18H18N2O4S/c1-3-9-23-15-6-4-13(5-7-15)18(22)24-12(2)16(21)20-17-14(11-19)8-10-25-17/h4-8,10,12H,3,9H2,1-2H3,(H,20,21)/t12-/m0/s1. The monoisotopic (exact) mass is 358 g/mol. The largest absolute Gasteiger partial charge is 0.494 e. The van der Waals surface area contributed by atoms with Gasteiger partial charge in [0.2, 0.25) is 0 Å². The van der Waals surface area contributed by atoms with Gasteiger partial charge in [-0.1, -0.05) is 6.92 Å². The first-order valence-corrected chi connectivity index (χ1v) is 8.65. The van der Waals surface area contributed by atoms with E-state index in [2.05, 4.69) is 5.32 Å². The maximum atomic E-state index is 12.1. The van der Waals surface area contributed by atoms with Gasteiger partial charge in [-0.3, -0.25) is 4.79 Å². The highest BCUT2D eigenvalue weighted by molar-refractivity contribution is 7.14. The lowest BCUT2D eigenvalue weighted by molar-refractivity contribution is -0.123. The SMILES string of the molecule is CCCOc1ccc(C(=O)O[C@@H](C)C(=O)Nc2sccc2C#N)cc1. The van der Waals surface area contributed by atoms with Crippen molar-refractivity contribution in [3.8, 4) is 11.8 Å². The second-order valence-electron chi connectivity index (χ2n) is 5.18. The van der Waals surface area contributed by atoms with Gasteiger partial charge in [-0.15, -0.1) is 11.3 Å². The molecule has 130 valence electrons. The number of nitrogens with one attached hydrogen (secondary N) is 1. The zero-order valence-electron chi connectivity index (χ0n) is 13.9. The summed E-state index contributed by atoms with van der Waals surface area (Å²) in [6.45, 7) is 4.09. The van der Waals surface area contributed by atoms with Gasteiger partial charge in [-0.25, -0.2) is 4.79 Å². The van der Waals surface area contributed by atoms with Crippen molar-refractivity contribution in [2.24, 2.45) is 0 Å². The number of nitrogens with zero attached hydrogens (tertiary/aromatic N) is 1. The van der Waals surface area contributed by atoms with Gasteiger partial charge in [0.25, 0.3) is 5.91 Å². The van der Waals surface area contributed by atoms with Crippen LogP contribution in [0.1, 0.15) is 36.2 Å². The van der Waals surface area contributed by atoms with Gasteiger partial charge >= 0.3 is 5.97 Å². The summed E-state index contributed by atoms with van der Waals surface area (Å²) in [6, 6.07) is 10.1. The molecule has 0 bridgehead atoms. The summed E-state index contributed by atoms with van der Waals surface area (Å²) in [7, 11) is 0. The van der Waals surface area contributed by atoms with Crippen molar-refractivity contribution in [1.82, 2.24) is 0 Å². The molecule has 0 spiro atoms. The molecule has 1 aromatic heterocycles. The molecule has 7 heteroatoms. The van der Waals surface area contributed by atoms with Crippen molar-refractivity contribution in [2.75, 3.05) is 11.9 Å². The van der Waals surface area contributed by atoms with Crippen molar-refractivity contribution in [3.05, 3.63) is 46.8 Å². The summed E-state index contributed by atoms with van der Waals surface area (Å²) >= 11 is 1.23. The van der Waals surface area contributed by atoms with E-state index >= 15 is 0 Å². The smallest absolute Gasteiger partial charge is 0.338 e. The molecular formula is C18H18N2O4S. The first-order valence-electron chi connectivity index (χ1n) is 7.77. The number of hydrogen-bond acceptors (Lipinski definition) is 6. The van der Waals surface area contributed by atoms with Crippen LogP contribution < -0.4 is 10.1 Å². The van der Waals surface area contributed by atoms with Crippen LogP contribution in [0.3, 0.4) is 0 Å². The number of nitriles is 1. The first kappa shape index (κ1) is 18.5. The number of anilines is 1. The third-order valence-corrected chi connectivity index (χ3v) is 4.07.